The Balaban J connectivity index is 2.10. The van der Waals surface area contributed by atoms with Gasteiger partial charge in [0.1, 0.15) is 5.75 Å². The fraction of sp³-hybridized carbons (Fsp3) is 0.188. The van der Waals surface area contributed by atoms with E-state index in [-0.39, 0.29) is 18.0 Å². The highest BCUT2D eigenvalue weighted by molar-refractivity contribution is 5.97. The number of alkyl halides is 2. The van der Waals surface area contributed by atoms with Crippen molar-refractivity contribution in [3.05, 3.63) is 65.2 Å². The second-order valence-corrected chi connectivity index (χ2v) is 4.49. The maximum atomic E-state index is 12.1. The highest BCUT2D eigenvalue weighted by atomic mass is 19.3. The van der Waals surface area contributed by atoms with Crippen LogP contribution in [0.3, 0.4) is 0 Å². The first-order valence-corrected chi connectivity index (χ1v) is 6.18. The molecule has 2 nitrogen and oxygen atoms in total. The van der Waals surface area contributed by atoms with Crippen molar-refractivity contribution in [2.24, 2.45) is 0 Å². The number of halogens is 2. The number of rotatable bonds is 5. The Hall–Kier alpha value is -2.23. The van der Waals surface area contributed by atoms with Gasteiger partial charge in [0.25, 0.3) is 0 Å². The summed E-state index contributed by atoms with van der Waals surface area (Å²) < 4.78 is 28.5. The molecule has 0 aliphatic rings. The second-order valence-electron chi connectivity index (χ2n) is 4.49. The molecule has 0 N–H and O–H groups in total. The Morgan fingerprint density at radius 1 is 1.15 bits per heavy atom. The Bertz CT molecular complexity index is 592. The summed E-state index contributed by atoms with van der Waals surface area (Å²) in [6.07, 6.45) is 0.235. The molecule has 0 bridgehead atoms. The maximum absolute atomic E-state index is 12.1. The predicted octanol–water partition coefficient (Wildman–Crippen LogP) is 4.02. The lowest BCUT2D eigenvalue weighted by Crippen LogP contribution is -2.06. The topological polar surface area (TPSA) is 26.3 Å². The number of carbonyl (C=O) groups is 1. The number of benzene rings is 2. The Morgan fingerprint density at radius 2 is 1.85 bits per heavy atom. The summed E-state index contributed by atoms with van der Waals surface area (Å²) in [5, 5.41) is 0. The van der Waals surface area contributed by atoms with Gasteiger partial charge in [-0.2, -0.15) is 8.78 Å². The zero-order valence-electron chi connectivity index (χ0n) is 11.0. The predicted molar refractivity (Wildman–Crippen MR) is 72.3 cm³/mol. The minimum absolute atomic E-state index is 0.00486. The molecular formula is C16H14F2O2. The third-order valence-electron chi connectivity index (χ3n) is 2.87. The molecule has 0 amide bonds. The fourth-order valence-corrected chi connectivity index (χ4v) is 1.84. The molecule has 0 aliphatic carbocycles. The van der Waals surface area contributed by atoms with Gasteiger partial charge in [-0.25, -0.2) is 0 Å². The lowest BCUT2D eigenvalue weighted by Gasteiger charge is -2.06. The summed E-state index contributed by atoms with van der Waals surface area (Å²) in [6.45, 7) is -0.922. The van der Waals surface area contributed by atoms with Crippen LogP contribution in [0.2, 0.25) is 0 Å². The van der Waals surface area contributed by atoms with Crippen molar-refractivity contribution in [3.63, 3.8) is 0 Å². The Kier molecular flexibility index (Phi) is 4.45. The third kappa shape index (κ3) is 3.88. The SMILES string of the molecule is Cc1ccc(CC(=O)c2cccc(OC(F)F)c2)cc1. The molecule has 4 heteroatoms. The van der Waals surface area contributed by atoms with Gasteiger partial charge in [0.05, 0.1) is 0 Å². The molecule has 2 aromatic rings. The summed E-state index contributed by atoms with van der Waals surface area (Å²) in [5.41, 5.74) is 2.37. The van der Waals surface area contributed by atoms with Gasteiger partial charge >= 0.3 is 6.61 Å². The minimum atomic E-state index is -2.89. The fourth-order valence-electron chi connectivity index (χ4n) is 1.84. The molecule has 0 saturated heterocycles. The number of hydrogen-bond acceptors (Lipinski definition) is 2. The standard InChI is InChI=1S/C16H14F2O2/c1-11-5-7-12(8-6-11)9-15(19)13-3-2-4-14(10-13)20-16(17)18/h2-8,10,16H,9H2,1H3. The summed E-state index contributed by atoms with van der Waals surface area (Å²) in [4.78, 5) is 12.1. The second kappa shape index (κ2) is 6.28. The molecular weight excluding hydrogens is 262 g/mol. The molecule has 0 aliphatic heterocycles. The molecule has 0 atom stereocenters. The van der Waals surface area contributed by atoms with Gasteiger partial charge in [-0.3, -0.25) is 4.79 Å². The molecule has 0 radical (unpaired) electrons. The number of aryl methyl sites for hydroxylation is 1. The van der Waals surface area contributed by atoms with Crippen molar-refractivity contribution in [1.29, 1.82) is 0 Å². The van der Waals surface area contributed by atoms with Crippen LogP contribution in [0.5, 0.6) is 5.75 Å². The molecule has 0 saturated carbocycles. The van der Waals surface area contributed by atoms with E-state index in [2.05, 4.69) is 4.74 Å². The monoisotopic (exact) mass is 276 g/mol. The average molecular weight is 276 g/mol. The summed E-state index contributed by atoms with van der Waals surface area (Å²) in [5.74, 6) is -0.136. The van der Waals surface area contributed by atoms with Crippen molar-refractivity contribution in [2.45, 2.75) is 20.0 Å². The van der Waals surface area contributed by atoms with E-state index < -0.39 is 6.61 Å². The minimum Gasteiger partial charge on any atom is -0.435 e. The van der Waals surface area contributed by atoms with E-state index in [9.17, 15) is 13.6 Å². The highest BCUT2D eigenvalue weighted by Gasteiger charge is 2.10. The van der Waals surface area contributed by atoms with E-state index in [0.29, 0.717) is 5.56 Å². The number of hydrogen-bond donors (Lipinski definition) is 0. The Labute approximate surface area is 116 Å². The van der Waals surface area contributed by atoms with Crippen molar-refractivity contribution in [1.82, 2.24) is 0 Å². The molecule has 0 aromatic heterocycles. The van der Waals surface area contributed by atoms with Crippen LogP contribution < -0.4 is 4.74 Å². The molecule has 0 fully saturated rings. The first-order chi connectivity index (χ1) is 9.54. The van der Waals surface area contributed by atoms with Crippen LogP contribution in [0, 0.1) is 6.92 Å². The summed E-state index contributed by atoms with van der Waals surface area (Å²) >= 11 is 0. The maximum Gasteiger partial charge on any atom is 0.387 e. The van der Waals surface area contributed by atoms with Gasteiger partial charge < -0.3 is 4.74 Å². The van der Waals surface area contributed by atoms with Crippen LogP contribution >= 0.6 is 0 Å². The van der Waals surface area contributed by atoms with E-state index in [4.69, 9.17) is 0 Å². The third-order valence-corrected chi connectivity index (χ3v) is 2.87. The van der Waals surface area contributed by atoms with Crippen molar-refractivity contribution in [2.75, 3.05) is 0 Å². The quantitative estimate of drug-likeness (QED) is 0.771. The van der Waals surface area contributed by atoms with Crippen LogP contribution in [-0.2, 0) is 6.42 Å². The van der Waals surface area contributed by atoms with Crippen LogP contribution in [0.25, 0.3) is 0 Å². The van der Waals surface area contributed by atoms with Gasteiger partial charge in [-0.15, -0.1) is 0 Å². The molecule has 20 heavy (non-hydrogen) atoms. The smallest absolute Gasteiger partial charge is 0.387 e. The zero-order chi connectivity index (χ0) is 14.5. The molecule has 2 rings (SSSR count). The lowest BCUT2D eigenvalue weighted by atomic mass is 10.0. The zero-order valence-corrected chi connectivity index (χ0v) is 11.0. The number of carbonyl (C=O) groups excluding carboxylic acids is 1. The largest absolute Gasteiger partial charge is 0.435 e. The van der Waals surface area contributed by atoms with E-state index in [1.54, 1.807) is 6.07 Å². The van der Waals surface area contributed by atoms with Crippen LogP contribution in [0.4, 0.5) is 8.78 Å². The first kappa shape index (κ1) is 14.2. The number of Topliss-reactive ketones (excluding diaryl/α,β-unsaturated/α-hetero) is 1. The van der Waals surface area contributed by atoms with E-state index in [0.717, 1.165) is 11.1 Å². The highest BCUT2D eigenvalue weighted by Crippen LogP contribution is 2.17. The van der Waals surface area contributed by atoms with Crippen LogP contribution in [0.15, 0.2) is 48.5 Å². The molecule has 0 spiro atoms. The number of ketones is 1. The molecule has 0 heterocycles. The van der Waals surface area contributed by atoms with Crippen LogP contribution in [-0.4, -0.2) is 12.4 Å². The van der Waals surface area contributed by atoms with Crippen molar-refractivity contribution >= 4 is 5.78 Å². The average Bonchev–Trinajstić information content (AvgIpc) is 2.41. The van der Waals surface area contributed by atoms with Gasteiger partial charge in [-0.1, -0.05) is 42.0 Å². The van der Waals surface area contributed by atoms with E-state index in [1.807, 2.05) is 31.2 Å². The first-order valence-electron chi connectivity index (χ1n) is 6.18. The van der Waals surface area contributed by atoms with E-state index in [1.165, 1.54) is 18.2 Å². The summed E-state index contributed by atoms with van der Waals surface area (Å²) in [6, 6.07) is 13.5. The van der Waals surface area contributed by atoms with Crippen molar-refractivity contribution < 1.29 is 18.3 Å². The normalized spacial score (nSPS) is 10.6. The lowest BCUT2D eigenvalue weighted by molar-refractivity contribution is -0.0498. The molecule has 0 unspecified atom stereocenters. The number of ether oxygens (including phenoxy) is 1. The van der Waals surface area contributed by atoms with E-state index >= 15 is 0 Å². The van der Waals surface area contributed by atoms with Gasteiger partial charge in [-0.05, 0) is 24.6 Å². The summed E-state index contributed by atoms with van der Waals surface area (Å²) in [7, 11) is 0. The van der Waals surface area contributed by atoms with Gasteiger partial charge in [0.2, 0.25) is 0 Å². The van der Waals surface area contributed by atoms with Crippen LogP contribution in [0.1, 0.15) is 21.5 Å². The van der Waals surface area contributed by atoms with Gasteiger partial charge in [0.15, 0.2) is 5.78 Å². The Morgan fingerprint density at radius 3 is 2.50 bits per heavy atom. The molecule has 104 valence electrons. The van der Waals surface area contributed by atoms with Gasteiger partial charge in [0, 0.05) is 12.0 Å². The molecule has 2 aromatic carbocycles. The van der Waals surface area contributed by atoms with Crippen molar-refractivity contribution in [3.8, 4) is 5.75 Å².